The molecule has 4 nitrogen and oxygen atoms in total. The number of benzene rings is 1. The fourth-order valence-corrected chi connectivity index (χ4v) is 2.36. The average molecular weight is 306 g/mol. The van der Waals surface area contributed by atoms with Crippen LogP contribution in [0.15, 0.2) is 30.3 Å². The Labute approximate surface area is 132 Å². The van der Waals surface area contributed by atoms with Gasteiger partial charge >= 0.3 is 11.9 Å². The summed E-state index contributed by atoms with van der Waals surface area (Å²) in [6.45, 7) is 8.20. The third-order valence-corrected chi connectivity index (χ3v) is 3.76. The highest BCUT2D eigenvalue weighted by atomic mass is 16.6. The molecule has 1 rings (SSSR count). The third kappa shape index (κ3) is 5.17. The van der Waals surface area contributed by atoms with Crippen molar-refractivity contribution < 1.29 is 19.1 Å². The Balaban J connectivity index is 2.77. The van der Waals surface area contributed by atoms with E-state index in [0.717, 1.165) is 0 Å². The van der Waals surface area contributed by atoms with Crippen LogP contribution in [0, 0.1) is 5.92 Å². The maximum absolute atomic E-state index is 12.0. The van der Waals surface area contributed by atoms with Gasteiger partial charge in [0.1, 0.15) is 0 Å². The van der Waals surface area contributed by atoms with Crippen LogP contribution in [0.1, 0.15) is 46.1 Å². The van der Waals surface area contributed by atoms with E-state index in [1.807, 2.05) is 18.2 Å². The van der Waals surface area contributed by atoms with Crippen LogP contribution in [0.25, 0.3) is 0 Å². The quantitative estimate of drug-likeness (QED) is 0.545. The minimum absolute atomic E-state index is 0.126. The molecule has 1 aromatic rings. The van der Waals surface area contributed by atoms with Gasteiger partial charge in [0.05, 0.1) is 13.2 Å². The number of hydrogen-bond acceptors (Lipinski definition) is 4. The van der Waals surface area contributed by atoms with Crippen molar-refractivity contribution in [3.05, 3.63) is 35.9 Å². The zero-order valence-corrected chi connectivity index (χ0v) is 13.9. The summed E-state index contributed by atoms with van der Waals surface area (Å²) >= 11 is 0. The van der Waals surface area contributed by atoms with E-state index in [1.165, 1.54) is 5.56 Å². The normalized spacial score (nSPS) is 11.3. The highest BCUT2D eigenvalue weighted by Crippen LogP contribution is 2.30. The van der Waals surface area contributed by atoms with Crippen LogP contribution < -0.4 is 0 Å². The van der Waals surface area contributed by atoms with Gasteiger partial charge in [0.15, 0.2) is 5.92 Å². The highest BCUT2D eigenvalue weighted by molar-refractivity contribution is 5.94. The molecular weight excluding hydrogens is 280 g/mol. The number of hydrogen-bond donors (Lipinski definition) is 0. The molecule has 0 saturated heterocycles. The van der Waals surface area contributed by atoms with E-state index in [0.29, 0.717) is 12.8 Å². The fourth-order valence-electron chi connectivity index (χ4n) is 2.36. The zero-order chi connectivity index (χ0) is 16.6. The minimum Gasteiger partial charge on any atom is -0.465 e. The largest absolute Gasteiger partial charge is 0.465 e. The Kier molecular flexibility index (Phi) is 7.09. The second-order valence-electron chi connectivity index (χ2n) is 5.85. The second-order valence-corrected chi connectivity index (χ2v) is 5.85. The Morgan fingerprint density at radius 2 is 1.50 bits per heavy atom. The molecule has 0 N–H and O–H groups in total. The lowest BCUT2D eigenvalue weighted by atomic mass is 9.78. The van der Waals surface area contributed by atoms with Crippen molar-refractivity contribution in [1.29, 1.82) is 0 Å². The predicted octanol–water partition coefficient (Wildman–Crippen LogP) is 3.49. The maximum Gasteiger partial charge on any atom is 0.320 e. The number of rotatable bonds is 8. The van der Waals surface area contributed by atoms with Crippen LogP contribution >= 0.6 is 0 Å². The number of carbonyl (C=O) groups excluding carboxylic acids is 2. The zero-order valence-electron chi connectivity index (χ0n) is 13.9. The van der Waals surface area contributed by atoms with Gasteiger partial charge in [-0.3, -0.25) is 9.59 Å². The van der Waals surface area contributed by atoms with Gasteiger partial charge in [-0.1, -0.05) is 44.2 Å². The molecule has 0 atom stereocenters. The fraction of sp³-hybridized carbons (Fsp3) is 0.556. The van der Waals surface area contributed by atoms with Gasteiger partial charge in [0.25, 0.3) is 0 Å². The van der Waals surface area contributed by atoms with Gasteiger partial charge < -0.3 is 9.47 Å². The van der Waals surface area contributed by atoms with E-state index in [1.54, 1.807) is 13.8 Å². The molecule has 0 aliphatic heterocycles. The first-order valence-corrected chi connectivity index (χ1v) is 7.81. The van der Waals surface area contributed by atoms with Crippen molar-refractivity contribution in [3.63, 3.8) is 0 Å². The topological polar surface area (TPSA) is 52.6 Å². The van der Waals surface area contributed by atoms with Crippen LogP contribution in [-0.4, -0.2) is 25.2 Å². The van der Waals surface area contributed by atoms with Crippen LogP contribution in [0.5, 0.6) is 0 Å². The van der Waals surface area contributed by atoms with Gasteiger partial charge in [-0.15, -0.1) is 0 Å². The molecular formula is C18H26O4. The van der Waals surface area contributed by atoms with Crippen LogP contribution in [0.2, 0.25) is 0 Å². The first-order chi connectivity index (χ1) is 10.4. The molecule has 0 radical (unpaired) electrons. The van der Waals surface area contributed by atoms with E-state index in [2.05, 4.69) is 26.0 Å². The molecule has 0 aliphatic rings. The van der Waals surface area contributed by atoms with Crippen molar-refractivity contribution in [1.82, 2.24) is 0 Å². The molecule has 22 heavy (non-hydrogen) atoms. The van der Waals surface area contributed by atoms with Gasteiger partial charge in [-0.2, -0.15) is 0 Å². The van der Waals surface area contributed by atoms with Crippen molar-refractivity contribution in [2.45, 2.75) is 46.0 Å². The molecule has 122 valence electrons. The molecule has 0 unspecified atom stereocenters. The molecule has 0 saturated carbocycles. The lowest BCUT2D eigenvalue weighted by Crippen LogP contribution is -2.30. The molecule has 0 aromatic heterocycles. The Bertz CT molecular complexity index is 461. The van der Waals surface area contributed by atoms with Gasteiger partial charge in [-0.05, 0) is 37.7 Å². The van der Waals surface area contributed by atoms with Crippen LogP contribution in [0.4, 0.5) is 0 Å². The molecule has 0 bridgehead atoms. The summed E-state index contributed by atoms with van der Waals surface area (Å²) in [5.74, 6) is -1.84. The summed E-state index contributed by atoms with van der Waals surface area (Å²) in [6.07, 6.45) is 1.11. The lowest BCUT2D eigenvalue weighted by Gasteiger charge is -2.26. The summed E-state index contributed by atoms with van der Waals surface area (Å²) in [7, 11) is 0. The summed E-state index contributed by atoms with van der Waals surface area (Å²) < 4.78 is 10.0. The van der Waals surface area contributed by atoms with Crippen LogP contribution in [0.3, 0.4) is 0 Å². The molecule has 0 amide bonds. The molecule has 0 heterocycles. The molecule has 0 aliphatic carbocycles. The molecule has 1 aromatic carbocycles. The average Bonchev–Trinajstić information content (AvgIpc) is 2.49. The monoisotopic (exact) mass is 306 g/mol. The number of esters is 2. The highest BCUT2D eigenvalue weighted by Gasteiger charge is 2.32. The van der Waals surface area contributed by atoms with Gasteiger partial charge in [-0.25, -0.2) is 0 Å². The van der Waals surface area contributed by atoms with Crippen molar-refractivity contribution in [2.24, 2.45) is 5.92 Å². The third-order valence-electron chi connectivity index (χ3n) is 3.76. The SMILES string of the molecule is CCOC(=O)C(CCC(C)(C)c1ccccc1)C(=O)OCC. The summed E-state index contributed by atoms with van der Waals surface area (Å²) in [6, 6.07) is 10.1. The minimum atomic E-state index is -0.845. The van der Waals surface area contributed by atoms with E-state index < -0.39 is 17.9 Å². The molecule has 4 heteroatoms. The van der Waals surface area contributed by atoms with Gasteiger partial charge in [0.2, 0.25) is 0 Å². The Morgan fingerprint density at radius 3 is 1.95 bits per heavy atom. The standard InChI is InChI=1S/C18H26O4/c1-5-21-16(19)15(17(20)22-6-2)12-13-18(3,4)14-10-8-7-9-11-14/h7-11,15H,5-6,12-13H2,1-4H3. The predicted molar refractivity (Wildman–Crippen MR) is 85.5 cm³/mol. The van der Waals surface area contributed by atoms with E-state index >= 15 is 0 Å². The van der Waals surface area contributed by atoms with Crippen molar-refractivity contribution in [3.8, 4) is 0 Å². The first-order valence-electron chi connectivity index (χ1n) is 7.81. The number of ether oxygens (including phenoxy) is 2. The smallest absolute Gasteiger partial charge is 0.320 e. The second kappa shape index (κ2) is 8.57. The molecule has 0 spiro atoms. The summed E-state index contributed by atoms with van der Waals surface area (Å²) in [5.41, 5.74) is 1.06. The number of carbonyl (C=O) groups is 2. The summed E-state index contributed by atoms with van der Waals surface area (Å²) in [5, 5.41) is 0. The van der Waals surface area contributed by atoms with E-state index in [-0.39, 0.29) is 18.6 Å². The van der Waals surface area contributed by atoms with E-state index in [9.17, 15) is 9.59 Å². The Morgan fingerprint density at radius 1 is 1.00 bits per heavy atom. The van der Waals surface area contributed by atoms with Crippen LogP contribution in [-0.2, 0) is 24.5 Å². The summed E-state index contributed by atoms with van der Waals surface area (Å²) in [4.78, 5) is 24.0. The first kappa shape index (κ1) is 18.2. The van der Waals surface area contributed by atoms with Crippen molar-refractivity contribution in [2.75, 3.05) is 13.2 Å². The Hall–Kier alpha value is -1.84. The molecule has 0 fully saturated rings. The van der Waals surface area contributed by atoms with Gasteiger partial charge in [0, 0.05) is 0 Å². The lowest BCUT2D eigenvalue weighted by molar-refractivity contribution is -0.162. The van der Waals surface area contributed by atoms with E-state index in [4.69, 9.17) is 9.47 Å². The van der Waals surface area contributed by atoms with Crippen molar-refractivity contribution >= 4 is 11.9 Å². The maximum atomic E-state index is 12.0.